The lowest BCUT2D eigenvalue weighted by molar-refractivity contribution is 0.00971. The van der Waals surface area contributed by atoms with Gasteiger partial charge in [0.15, 0.2) is 0 Å². The number of carbonyl (C=O) groups excluding carboxylic acids is 1. The van der Waals surface area contributed by atoms with E-state index >= 15 is 0 Å². The minimum absolute atomic E-state index is 0.171. The summed E-state index contributed by atoms with van der Waals surface area (Å²) in [4.78, 5) is 15.5. The van der Waals surface area contributed by atoms with E-state index in [4.69, 9.17) is 9.47 Å². The number of nitrogens with one attached hydrogen (secondary N) is 1. The number of methoxy groups -OCH3 is 1. The van der Waals surface area contributed by atoms with Crippen LogP contribution in [0.2, 0.25) is 0 Å². The van der Waals surface area contributed by atoms with Gasteiger partial charge in [-0.15, -0.1) is 0 Å². The molecule has 0 fully saturated rings. The van der Waals surface area contributed by atoms with Gasteiger partial charge in [0.05, 0.1) is 7.11 Å². The number of amides is 1. The van der Waals surface area contributed by atoms with E-state index in [1.165, 1.54) is 13.3 Å². The number of hydrogen-bond acceptors (Lipinski definition) is 6. The number of aliphatic hydroxyl groups is 2. The number of carbonyl (C=O) groups is 1. The van der Waals surface area contributed by atoms with Gasteiger partial charge in [-0.2, -0.15) is 0 Å². The first kappa shape index (κ1) is 17.2. The fourth-order valence-electron chi connectivity index (χ4n) is 1.59. The Morgan fingerprint density at radius 3 is 2.67 bits per heavy atom. The van der Waals surface area contributed by atoms with Gasteiger partial charge < -0.3 is 25.0 Å². The molecule has 7 heteroatoms. The molecule has 1 amide bonds. The molecule has 0 aromatic carbocycles. The van der Waals surface area contributed by atoms with E-state index in [0.717, 1.165) is 0 Å². The van der Waals surface area contributed by atoms with Gasteiger partial charge in [-0.05, 0) is 32.9 Å². The topological polar surface area (TPSA) is 101 Å². The van der Waals surface area contributed by atoms with Crippen LogP contribution < -0.4 is 10.1 Å². The fourth-order valence-corrected chi connectivity index (χ4v) is 1.59. The zero-order valence-electron chi connectivity index (χ0n) is 12.7. The number of rotatable bonds is 5. The predicted molar refractivity (Wildman–Crippen MR) is 76.0 cm³/mol. The molecule has 0 saturated heterocycles. The van der Waals surface area contributed by atoms with Gasteiger partial charge >= 0.3 is 6.09 Å². The van der Waals surface area contributed by atoms with E-state index in [1.54, 1.807) is 32.9 Å². The highest BCUT2D eigenvalue weighted by Gasteiger charge is 2.24. The summed E-state index contributed by atoms with van der Waals surface area (Å²) in [5, 5.41) is 22.4. The number of hydrogen-bond donors (Lipinski definition) is 3. The third-order valence-electron chi connectivity index (χ3n) is 2.52. The molecule has 0 aliphatic rings. The summed E-state index contributed by atoms with van der Waals surface area (Å²) in [5.74, 6) is 0.362. The predicted octanol–water partition coefficient (Wildman–Crippen LogP) is 1.01. The summed E-state index contributed by atoms with van der Waals surface area (Å²) in [6, 6.07) is 3.28. The van der Waals surface area contributed by atoms with Crippen LogP contribution in [0.3, 0.4) is 0 Å². The maximum Gasteiger partial charge on any atom is 0.407 e. The molecule has 3 N–H and O–H groups in total. The zero-order chi connectivity index (χ0) is 16.0. The SMILES string of the molecule is COc1cccnc1C(O)C(O)CNC(=O)OC(C)(C)C. The highest BCUT2D eigenvalue weighted by Crippen LogP contribution is 2.24. The number of alkyl carbamates (subject to hydrolysis) is 1. The van der Waals surface area contributed by atoms with Crippen LogP contribution in [0, 0.1) is 0 Å². The van der Waals surface area contributed by atoms with E-state index in [0.29, 0.717) is 5.75 Å². The summed E-state index contributed by atoms with van der Waals surface area (Å²) < 4.78 is 10.1. The van der Waals surface area contributed by atoms with Crippen LogP contribution in [0.1, 0.15) is 32.6 Å². The van der Waals surface area contributed by atoms with Crippen LogP contribution in [-0.2, 0) is 4.74 Å². The van der Waals surface area contributed by atoms with Gasteiger partial charge in [-0.3, -0.25) is 4.98 Å². The van der Waals surface area contributed by atoms with E-state index in [9.17, 15) is 15.0 Å². The smallest absolute Gasteiger partial charge is 0.407 e. The summed E-state index contributed by atoms with van der Waals surface area (Å²) in [7, 11) is 1.44. The molecule has 1 rings (SSSR count). The van der Waals surface area contributed by atoms with Gasteiger partial charge in [0.25, 0.3) is 0 Å². The molecule has 118 valence electrons. The molecule has 0 radical (unpaired) electrons. The Labute approximate surface area is 123 Å². The van der Waals surface area contributed by atoms with Crippen molar-refractivity contribution < 1.29 is 24.5 Å². The lowest BCUT2D eigenvalue weighted by atomic mass is 10.1. The normalized spacial score (nSPS) is 14.2. The van der Waals surface area contributed by atoms with Crippen LogP contribution in [0.5, 0.6) is 5.75 Å². The Kier molecular flexibility index (Phi) is 5.92. The summed E-state index contributed by atoms with van der Waals surface area (Å²) >= 11 is 0. The van der Waals surface area contributed by atoms with Crippen molar-refractivity contribution in [3.8, 4) is 5.75 Å². The Hall–Kier alpha value is -1.86. The second kappa shape index (κ2) is 7.24. The van der Waals surface area contributed by atoms with Crippen molar-refractivity contribution >= 4 is 6.09 Å². The van der Waals surface area contributed by atoms with Crippen molar-refractivity contribution in [2.45, 2.75) is 38.6 Å². The average Bonchev–Trinajstić information content (AvgIpc) is 2.42. The molecule has 2 unspecified atom stereocenters. The van der Waals surface area contributed by atoms with Crippen molar-refractivity contribution in [1.29, 1.82) is 0 Å². The third kappa shape index (κ3) is 5.57. The third-order valence-corrected chi connectivity index (χ3v) is 2.52. The van der Waals surface area contributed by atoms with E-state index in [-0.39, 0.29) is 12.2 Å². The fraction of sp³-hybridized carbons (Fsp3) is 0.571. The Bertz CT molecular complexity index is 473. The molecule has 0 saturated carbocycles. The highest BCUT2D eigenvalue weighted by atomic mass is 16.6. The monoisotopic (exact) mass is 298 g/mol. The van der Waals surface area contributed by atoms with Crippen molar-refractivity contribution in [1.82, 2.24) is 10.3 Å². The summed E-state index contributed by atoms with van der Waals surface area (Å²) in [6.45, 7) is 5.03. The Balaban J connectivity index is 2.59. The van der Waals surface area contributed by atoms with Gasteiger partial charge in [-0.25, -0.2) is 4.79 Å². The minimum Gasteiger partial charge on any atom is -0.495 e. The Morgan fingerprint density at radius 1 is 1.43 bits per heavy atom. The lowest BCUT2D eigenvalue weighted by Gasteiger charge is -2.22. The number of aromatic nitrogens is 1. The number of nitrogens with zero attached hydrogens (tertiary/aromatic N) is 1. The Morgan fingerprint density at radius 2 is 2.10 bits per heavy atom. The summed E-state index contributed by atoms with van der Waals surface area (Å²) in [5.41, 5.74) is -0.420. The molecule has 0 bridgehead atoms. The van der Waals surface area contributed by atoms with Crippen molar-refractivity contribution in [3.05, 3.63) is 24.0 Å². The van der Waals surface area contributed by atoms with Crippen LogP contribution in [0.15, 0.2) is 18.3 Å². The van der Waals surface area contributed by atoms with Gasteiger partial charge in [-0.1, -0.05) is 0 Å². The van der Waals surface area contributed by atoms with Crippen molar-refractivity contribution in [2.75, 3.05) is 13.7 Å². The second-order valence-electron chi connectivity index (χ2n) is 5.49. The quantitative estimate of drug-likeness (QED) is 0.750. The largest absolute Gasteiger partial charge is 0.495 e. The first-order valence-electron chi connectivity index (χ1n) is 6.56. The van der Waals surface area contributed by atoms with E-state index in [1.807, 2.05) is 0 Å². The molecule has 0 aliphatic heterocycles. The van der Waals surface area contributed by atoms with E-state index in [2.05, 4.69) is 10.3 Å². The first-order valence-corrected chi connectivity index (χ1v) is 6.56. The molecular formula is C14H22N2O5. The minimum atomic E-state index is -1.28. The van der Waals surface area contributed by atoms with Crippen LogP contribution in [-0.4, -0.2) is 46.6 Å². The molecule has 1 heterocycles. The van der Waals surface area contributed by atoms with Crippen molar-refractivity contribution in [3.63, 3.8) is 0 Å². The molecule has 21 heavy (non-hydrogen) atoms. The van der Waals surface area contributed by atoms with E-state index < -0.39 is 23.9 Å². The zero-order valence-corrected chi connectivity index (χ0v) is 12.7. The number of aliphatic hydroxyl groups excluding tert-OH is 2. The van der Waals surface area contributed by atoms with Gasteiger partial charge in [0, 0.05) is 12.7 Å². The summed E-state index contributed by atoms with van der Waals surface area (Å²) in [6.07, 6.45) is -1.70. The molecule has 0 aliphatic carbocycles. The average molecular weight is 298 g/mol. The first-order chi connectivity index (χ1) is 9.74. The second-order valence-corrected chi connectivity index (χ2v) is 5.49. The van der Waals surface area contributed by atoms with Gasteiger partial charge in [0.1, 0.15) is 29.3 Å². The molecule has 0 spiro atoms. The molecule has 1 aromatic heterocycles. The highest BCUT2D eigenvalue weighted by molar-refractivity contribution is 5.67. The number of ether oxygens (including phenoxy) is 2. The standard InChI is InChI=1S/C14H22N2O5/c1-14(2,3)21-13(19)16-8-9(17)12(18)11-10(20-4)6-5-7-15-11/h5-7,9,12,17-18H,8H2,1-4H3,(H,16,19). The van der Waals surface area contributed by atoms with Crippen LogP contribution >= 0.6 is 0 Å². The maximum atomic E-state index is 11.5. The number of pyridine rings is 1. The van der Waals surface area contributed by atoms with Crippen LogP contribution in [0.4, 0.5) is 4.79 Å². The lowest BCUT2D eigenvalue weighted by Crippen LogP contribution is -2.39. The molecule has 1 aromatic rings. The van der Waals surface area contributed by atoms with Gasteiger partial charge in [0.2, 0.25) is 0 Å². The molecule has 7 nitrogen and oxygen atoms in total. The molecular weight excluding hydrogens is 276 g/mol. The van der Waals surface area contributed by atoms with Crippen molar-refractivity contribution in [2.24, 2.45) is 0 Å². The maximum absolute atomic E-state index is 11.5. The molecule has 2 atom stereocenters. The van der Waals surface area contributed by atoms with Crippen LogP contribution in [0.25, 0.3) is 0 Å².